The number of hydrogen-bond acceptors (Lipinski definition) is 4. The topological polar surface area (TPSA) is 59.2 Å². The second kappa shape index (κ2) is 6.12. The quantitative estimate of drug-likeness (QED) is 0.872. The van der Waals surface area contributed by atoms with Crippen LogP contribution in [0.5, 0.6) is 0 Å². The van der Waals surface area contributed by atoms with Gasteiger partial charge in [-0.3, -0.25) is 4.79 Å². The maximum atomic E-state index is 12.0. The summed E-state index contributed by atoms with van der Waals surface area (Å²) in [5.74, 6) is 0.424. The largest absolute Gasteiger partial charge is 0.338 e. The first kappa shape index (κ1) is 14.1. The molecule has 0 unspecified atom stereocenters. The molecule has 0 aliphatic heterocycles. The Morgan fingerprint density at radius 3 is 2.71 bits per heavy atom. The van der Waals surface area contributed by atoms with Gasteiger partial charge in [0.05, 0.1) is 23.3 Å². The molecular weight excluding hydrogens is 234 g/mol. The third-order valence-electron chi connectivity index (χ3n) is 2.48. The third kappa shape index (κ3) is 4.44. The molecule has 1 atom stereocenters. The Labute approximate surface area is 107 Å². The summed E-state index contributed by atoms with van der Waals surface area (Å²) >= 11 is 1.60. The van der Waals surface area contributed by atoms with Crippen LogP contribution in [-0.2, 0) is 11.3 Å². The number of aromatic nitrogens is 1. The summed E-state index contributed by atoms with van der Waals surface area (Å²) in [5.41, 5.74) is 6.80. The number of likely N-dealkylation sites (N-methyl/N-ethyl adjacent to an activating group) is 1. The zero-order valence-electron chi connectivity index (χ0n) is 10.9. The lowest BCUT2D eigenvalue weighted by molar-refractivity contribution is -0.132. The molecule has 4 nitrogen and oxygen atoms in total. The standard InChI is InChI=1S/C12H21N3OS/c1-8(2)5-11(13)12(16)15(4)6-10-7-17-9(3)14-10/h7-8,11H,5-6,13H2,1-4H3/t11-/m0/s1. The summed E-state index contributed by atoms with van der Waals surface area (Å²) in [6.07, 6.45) is 0.721. The highest BCUT2D eigenvalue weighted by Crippen LogP contribution is 2.11. The Hall–Kier alpha value is -0.940. The fourth-order valence-corrected chi connectivity index (χ4v) is 2.30. The lowest BCUT2D eigenvalue weighted by Crippen LogP contribution is -2.42. The number of nitrogens with two attached hydrogens (primary N) is 1. The first-order valence-corrected chi connectivity index (χ1v) is 6.69. The van der Waals surface area contributed by atoms with E-state index in [0.717, 1.165) is 17.1 Å². The number of aryl methyl sites for hydroxylation is 1. The molecule has 0 bridgehead atoms. The SMILES string of the molecule is Cc1nc(CN(C)C(=O)[C@@H](N)CC(C)C)cs1. The number of rotatable bonds is 5. The highest BCUT2D eigenvalue weighted by molar-refractivity contribution is 7.09. The minimum absolute atomic E-state index is 0.00986. The number of carbonyl (C=O) groups is 1. The number of thiazole rings is 1. The van der Waals surface area contributed by atoms with Crippen molar-refractivity contribution in [3.8, 4) is 0 Å². The number of hydrogen-bond donors (Lipinski definition) is 1. The zero-order chi connectivity index (χ0) is 13.0. The van der Waals surface area contributed by atoms with E-state index in [0.29, 0.717) is 12.5 Å². The van der Waals surface area contributed by atoms with Gasteiger partial charge in [-0.2, -0.15) is 0 Å². The molecule has 1 aromatic heterocycles. The van der Waals surface area contributed by atoms with E-state index in [1.807, 2.05) is 12.3 Å². The van der Waals surface area contributed by atoms with E-state index < -0.39 is 6.04 Å². The molecule has 0 saturated carbocycles. The van der Waals surface area contributed by atoms with Crippen molar-refractivity contribution in [3.63, 3.8) is 0 Å². The molecule has 0 saturated heterocycles. The van der Waals surface area contributed by atoms with Crippen molar-refractivity contribution in [2.24, 2.45) is 11.7 Å². The Kier molecular flexibility index (Phi) is 5.08. The van der Waals surface area contributed by atoms with Gasteiger partial charge in [0.15, 0.2) is 0 Å². The number of amides is 1. The summed E-state index contributed by atoms with van der Waals surface area (Å²) in [5, 5.41) is 3.00. The normalized spacial score (nSPS) is 12.8. The molecule has 1 heterocycles. The molecule has 0 aliphatic carbocycles. The predicted octanol–water partition coefficient (Wildman–Crippen LogP) is 1.78. The van der Waals surface area contributed by atoms with E-state index in [-0.39, 0.29) is 5.91 Å². The molecule has 2 N–H and O–H groups in total. The first-order chi connectivity index (χ1) is 7.90. The van der Waals surface area contributed by atoms with Crippen molar-refractivity contribution >= 4 is 17.2 Å². The van der Waals surface area contributed by atoms with Crippen LogP contribution in [0.3, 0.4) is 0 Å². The Balaban J connectivity index is 2.52. The Morgan fingerprint density at radius 2 is 2.24 bits per heavy atom. The van der Waals surface area contributed by atoms with Crippen LogP contribution in [0.4, 0.5) is 0 Å². The van der Waals surface area contributed by atoms with Gasteiger partial charge in [-0.25, -0.2) is 4.98 Å². The number of nitrogens with zero attached hydrogens (tertiary/aromatic N) is 2. The molecule has 0 spiro atoms. The van der Waals surface area contributed by atoms with Crippen molar-refractivity contribution in [2.75, 3.05) is 7.05 Å². The summed E-state index contributed by atoms with van der Waals surface area (Å²) < 4.78 is 0. The van der Waals surface area contributed by atoms with E-state index in [2.05, 4.69) is 18.8 Å². The fourth-order valence-electron chi connectivity index (χ4n) is 1.69. The van der Waals surface area contributed by atoms with E-state index in [1.54, 1.807) is 23.3 Å². The minimum atomic E-state index is -0.403. The van der Waals surface area contributed by atoms with Crippen LogP contribution in [0.2, 0.25) is 0 Å². The van der Waals surface area contributed by atoms with E-state index in [4.69, 9.17) is 5.73 Å². The Morgan fingerprint density at radius 1 is 1.59 bits per heavy atom. The predicted molar refractivity (Wildman–Crippen MR) is 70.8 cm³/mol. The molecule has 1 amide bonds. The fraction of sp³-hybridized carbons (Fsp3) is 0.667. The monoisotopic (exact) mass is 255 g/mol. The van der Waals surface area contributed by atoms with Gasteiger partial charge in [0.25, 0.3) is 0 Å². The van der Waals surface area contributed by atoms with Crippen LogP contribution in [0.25, 0.3) is 0 Å². The molecule has 1 aromatic rings. The molecule has 5 heteroatoms. The van der Waals surface area contributed by atoms with Crippen LogP contribution < -0.4 is 5.73 Å². The van der Waals surface area contributed by atoms with Gasteiger partial charge >= 0.3 is 0 Å². The van der Waals surface area contributed by atoms with Crippen molar-refractivity contribution in [2.45, 2.75) is 39.8 Å². The summed E-state index contributed by atoms with van der Waals surface area (Å²) in [6, 6.07) is -0.403. The average molecular weight is 255 g/mol. The maximum Gasteiger partial charge on any atom is 0.239 e. The van der Waals surface area contributed by atoms with Gasteiger partial charge < -0.3 is 10.6 Å². The van der Waals surface area contributed by atoms with Crippen LogP contribution in [-0.4, -0.2) is 28.9 Å². The lowest BCUT2D eigenvalue weighted by atomic mass is 10.0. The number of carbonyl (C=O) groups excluding carboxylic acids is 1. The van der Waals surface area contributed by atoms with Crippen LogP contribution >= 0.6 is 11.3 Å². The van der Waals surface area contributed by atoms with Crippen LogP contribution in [0.1, 0.15) is 31.0 Å². The third-order valence-corrected chi connectivity index (χ3v) is 3.31. The van der Waals surface area contributed by atoms with Crippen molar-refractivity contribution in [1.82, 2.24) is 9.88 Å². The van der Waals surface area contributed by atoms with Gasteiger partial charge in [0.2, 0.25) is 5.91 Å². The maximum absolute atomic E-state index is 12.0. The molecular formula is C12H21N3OS. The van der Waals surface area contributed by atoms with Gasteiger partial charge in [-0.15, -0.1) is 11.3 Å². The highest BCUT2D eigenvalue weighted by Gasteiger charge is 2.19. The molecule has 96 valence electrons. The van der Waals surface area contributed by atoms with Crippen molar-refractivity contribution in [3.05, 3.63) is 16.1 Å². The van der Waals surface area contributed by atoms with E-state index in [1.165, 1.54) is 0 Å². The molecule has 17 heavy (non-hydrogen) atoms. The highest BCUT2D eigenvalue weighted by atomic mass is 32.1. The summed E-state index contributed by atoms with van der Waals surface area (Å²) in [6.45, 7) is 6.63. The summed E-state index contributed by atoms with van der Waals surface area (Å²) in [7, 11) is 1.78. The van der Waals surface area contributed by atoms with Gasteiger partial charge in [-0.05, 0) is 19.3 Å². The van der Waals surface area contributed by atoms with Gasteiger partial charge in [0.1, 0.15) is 0 Å². The lowest BCUT2D eigenvalue weighted by Gasteiger charge is -2.21. The summed E-state index contributed by atoms with van der Waals surface area (Å²) in [4.78, 5) is 18.0. The van der Waals surface area contributed by atoms with Crippen LogP contribution in [0.15, 0.2) is 5.38 Å². The first-order valence-electron chi connectivity index (χ1n) is 5.81. The second-order valence-electron chi connectivity index (χ2n) is 4.79. The molecule has 0 aromatic carbocycles. The smallest absolute Gasteiger partial charge is 0.239 e. The molecule has 1 rings (SSSR count). The Bertz CT molecular complexity index is 376. The van der Waals surface area contributed by atoms with Crippen molar-refractivity contribution < 1.29 is 4.79 Å². The molecule has 0 fully saturated rings. The average Bonchev–Trinajstić information content (AvgIpc) is 2.61. The van der Waals surface area contributed by atoms with Gasteiger partial charge in [0, 0.05) is 12.4 Å². The molecule has 0 aliphatic rings. The van der Waals surface area contributed by atoms with E-state index in [9.17, 15) is 4.79 Å². The zero-order valence-corrected chi connectivity index (χ0v) is 11.8. The second-order valence-corrected chi connectivity index (χ2v) is 5.85. The van der Waals surface area contributed by atoms with Crippen LogP contribution in [0, 0.1) is 12.8 Å². The van der Waals surface area contributed by atoms with Gasteiger partial charge in [-0.1, -0.05) is 13.8 Å². The molecule has 0 radical (unpaired) electrons. The van der Waals surface area contributed by atoms with Crippen molar-refractivity contribution in [1.29, 1.82) is 0 Å². The van der Waals surface area contributed by atoms with E-state index >= 15 is 0 Å². The minimum Gasteiger partial charge on any atom is -0.338 e.